The van der Waals surface area contributed by atoms with Gasteiger partial charge in [0.2, 0.25) is 0 Å². The van der Waals surface area contributed by atoms with Gasteiger partial charge in [0, 0.05) is 7.05 Å². The zero-order chi connectivity index (χ0) is 14.0. The molecular formula is C12H13BrClFN4. The third-order valence-corrected chi connectivity index (χ3v) is 3.76. The summed E-state index contributed by atoms with van der Waals surface area (Å²) in [4.78, 5) is 0. The molecule has 1 unspecified atom stereocenters. The minimum Gasteiger partial charge on any atom is -0.305 e. The summed E-state index contributed by atoms with van der Waals surface area (Å²) in [5.74, 6) is -0.437. The number of aromatic nitrogens is 3. The Hall–Kier alpha value is -0.980. The van der Waals surface area contributed by atoms with Gasteiger partial charge in [-0.15, -0.1) is 5.10 Å². The second-order valence-electron chi connectivity index (χ2n) is 4.02. The fourth-order valence-corrected chi connectivity index (χ4v) is 2.74. The molecule has 2 rings (SSSR count). The van der Waals surface area contributed by atoms with E-state index in [4.69, 9.17) is 11.6 Å². The van der Waals surface area contributed by atoms with Crippen LogP contribution in [0.5, 0.6) is 0 Å². The molecule has 0 radical (unpaired) electrons. The summed E-state index contributed by atoms with van der Waals surface area (Å²) >= 11 is 9.42. The molecule has 0 fully saturated rings. The van der Waals surface area contributed by atoms with Gasteiger partial charge < -0.3 is 5.32 Å². The van der Waals surface area contributed by atoms with Crippen LogP contribution in [0.25, 0.3) is 0 Å². The second-order valence-corrected chi connectivity index (χ2v) is 5.15. The van der Waals surface area contributed by atoms with Crippen LogP contribution in [0.1, 0.15) is 24.2 Å². The predicted molar refractivity (Wildman–Crippen MR) is 75.6 cm³/mol. The van der Waals surface area contributed by atoms with Crippen LogP contribution in [0, 0.1) is 5.82 Å². The van der Waals surface area contributed by atoms with E-state index < -0.39 is 5.82 Å². The van der Waals surface area contributed by atoms with Gasteiger partial charge in [-0.25, -0.2) is 9.07 Å². The fourth-order valence-electron chi connectivity index (χ4n) is 1.95. The van der Waals surface area contributed by atoms with Crippen molar-refractivity contribution in [1.82, 2.24) is 20.3 Å². The number of nitrogens with one attached hydrogen (secondary N) is 1. The van der Waals surface area contributed by atoms with Gasteiger partial charge in [-0.3, -0.25) is 0 Å². The molecule has 7 heteroatoms. The number of aryl methyl sites for hydroxylation is 1. The third kappa shape index (κ3) is 2.80. The van der Waals surface area contributed by atoms with Crippen LogP contribution in [-0.2, 0) is 7.05 Å². The Labute approximate surface area is 124 Å². The van der Waals surface area contributed by atoms with Gasteiger partial charge in [-0.1, -0.05) is 35.9 Å². The average Bonchev–Trinajstić information content (AvgIpc) is 2.70. The topological polar surface area (TPSA) is 42.7 Å². The first-order chi connectivity index (χ1) is 9.06. The second kappa shape index (κ2) is 5.98. The first-order valence-electron chi connectivity index (χ1n) is 5.78. The SMILES string of the molecule is CCNC(c1cccc(F)c1Cl)c1c(Br)nnn1C. The van der Waals surface area contributed by atoms with E-state index >= 15 is 0 Å². The lowest BCUT2D eigenvalue weighted by Crippen LogP contribution is -2.25. The molecule has 0 aliphatic carbocycles. The minimum atomic E-state index is -0.437. The summed E-state index contributed by atoms with van der Waals surface area (Å²) in [7, 11) is 1.78. The van der Waals surface area contributed by atoms with E-state index in [0.717, 1.165) is 5.69 Å². The van der Waals surface area contributed by atoms with Crippen molar-refractivity contribution in [2.24, 2.45) is 7.05 Å². The standard InChI is InChI=1S/C12H13BrClFN4/c1-3-16-10(11-12(13)17-18-19(11)2)7-5-4-6-8(15)9(7)14/h4-6,10,16H,3H2,1-2H3. The van der Waals surface area contributed by atoms with Crippen LogP contribution in [-0.4, -0.2) is 21.5 Å². The Morgan fingerprint density at radius 2 is 2.26 bits per heavy atom. The first kappa shape index (κ1) is 14.4. The molecule has 0 amide bonds. The average molecular weight is 348 g/mol. The normalized spacial score (nSPS) is 12.7. The summed E-state index contributed by atoms with van der Waals surface area (Å²) in [5, 5.41) is 11.3. The zero-order valence-electron chi connectivity index (χ0n) is 10.5. The number of rotatable bonds is 4. The Bertz CT molecular complexity index is 568. The minimum absolute atomic E-state index is 0.113. The van der Waals surface area contributed by atoms with Crippen molar-refractivity contribution in [2.45, 2.75) is 13.0 Å². The predicted octanol–water partition coefficient (Wildman–Crippen LogP) is 3.07. The highest BCUT2D eigenvalue weighted by molar-refractivity contribution is 9.10. The van der Waals surface area contributed by atoms with Crippen molar-refractivity contribution in [1.29, 1.82) is 0 Å². The molecule has 4 nitrogen and oxygen atoms in total. The maximum atomic E-state index is 13.6. The van der Waals surface area contributed by atoms with Crippen molar-refractivity contribution in [2.75, 3.05) is 6.54 Å². The van der Waals surface area contributed by atoms with Crippen LogP contribution in [0.4, 0.5) is 4.39 Å². The molecule has 1 atom stereocenters. The Kier molecular flexibility index (Phi) is 4.54. The van der Waals surface area contributed by atoms with Crippen LogP contribution >= 0.6 is 27.5 Å². The van der Waals surface area contributed by atoms with Gasteiger partial charge in [0.05, 0.1) is 16.8 Å². The number of benzene rings is 1. The van der Waals surface area contributed by atoms with Gasteiger partial charge in [-0.05, 0) is 34.1 Å². The first-order valence-corrected chi connectivity index (χ1v) is 6.95. The Morgan fingerprint density at radius 3 is 2.84 bits per heavy atom. The maximum Gasteiger partial charge on any atom is 0.153 e. The van der Waals surface area contributed by atoms with E-state index in [0.29, 0.717) is 16.7 Å². The summed E-state index contributed by atoms with van der Waals surface area (Å²) in [6, 6.07) is 4.49. The largest absolute Gasteiger partial charge is 0.305 e. The monoisotopic (exact) mass is 346 g/mol. The van der Waals surface area contributed by atoms with Crippen molar-refractivity contribution in [3.05, 3.63) is 44.9 Å². The molecule has 1 aromatic carbocycles. The number of hydrogen-bond donors (Lipinski definition) is 1. The molecule has 19 heavy (non-hydrogen) atoms. The molecule has 0 aliphatic heterocycles. The van der Waals surface area contributed by atoms with Crippen molar-refractivity contribution < 1.29 is 4.39 Å². The van der Waals surface area contributed by atoms with E-state index in [9.17, 15) is 4.39 Å². The molecule has 102 valence electrons. The van der Waals surface area contributed by atoms with E-state index in [1.165, 1.54) is 6.07 Å². The zero-order valence-corrected chi connectivity index (χ0v) is 12.8. The highest BCUT2D eigenvalue weighted by Crippen LogP contribution is 2.32. The fraction of sp³-hybridized carbons (Fsp3) is 0.333. The molecule has 0 saturated heterocycles. The number of hydrogen-bond acceptors (Lipinski definition) is 3. The molecule has 2 aromatic rings. The molecule has 1 N–H and O–H groups in total. The van der Waals surface area contributed by atoms with E-state index in [1.807, 2.05) is 6.92 Å². The Balaban J connectivity index is 2.55. The smallest absolute Gasteiger partial charge is 0.153 e. The molecule has 0 spiro atoms. The summed E-state index contributed by atoms with van der Waals surface area (Å²) in [6.07, 6.45) is 0. The summed E-state index contributed by atoms with van der Waals surface area (Å²) in [5.41, 5.74) is 1.46. The highest BCUT2D eigenvalue weighted by Gasteiger charge is 2.24. The van der Waals surface area contributed by atoms with Gasteiger partial charge in [0.15, 0.2) is 4.60 Å². The van der Waals surface area contributed by atoms with Crippen LogP contribution < -0.4 is 5.32 Å². The van der Waals surface area contributed by atoms with Crippen LogP contribution in [0.3, 0.4) is 0 Å². The highest BCUT2D eigenvalue weighted by atomic mass is 79.9. The van der Waals surface area contributed by atoms with E-state index in [1.54, 1.807) is 23.9 Å². The lowest BCUT2D eigenvalue weighted by atomic mass is 10.0. The van der Waals surface area contributed by atoms with Crippen molar-refractivity contribution >= 4 is 27.5 Å². The van der Waals surface area contributed by atoms with Gasteiger partial charge in [0.1, 0.15) is 5.82 Å². The number of halogens is 3. The van der Waals surface area contributed by atoms with Gasteiger partial charge >= 0.3 is 0 Å². The van der Waals surface area contributed by atoms with Crippen molar-refractivity contribution in [3.8, 4) is 0 Å². The van der Waals surface area contributed by atoms with E-state index in [-0.39, 0.29) is 11.1 Å². The molecular weight excluding hydrogens is 335 g/mol. The molecule has 0 bridgehead atoms. The molecule has 1 aromatic heterocycles. The van der Waals surface area contributed by atoms with Gasteiger partial charge in [-0.2, -0.15) is 0 Å². The quantitative estimate of drug-likeness (QED) is 0.924. The van der Waals surface area contributed by atoms with Crippen LogP contribution in [0.15, 0.2) is 22.8 Å². The molecule has 1 heterocycles. The number of nitrogens with zero attached hydrogens (tertiary/aromatic N) is 3. The van der Waals surface area contributed by atoms with Crippen molar-refractivity contribution in [3.63, 3.8) is 0 Å². The van der Waals surface area contributed by atoms with E-state index in [2.05, 4.69) is 31.6 Å². The summed E-state index contributed by atoms with van der Waals surface area (Å²) < 4.78 is 15.9. The maximum absolute atomic E-state index is 13.6. The summed E-state index contributed by atoms with van der Waals surface area (Å²) in [6.45, 7) is 2.67. The van der Waals surface area contributed by atoms with Crippen LogP contribution in [0.2, 0.25) is 5.02 Å². The lowest BCUT2D eigenvalue weighted by molar-refractivity contribution is 0.560. The Morgan fingerprint density at radius 1 is 1.53 bits per heavy atom. The molecule has 0 aliphatic rings. The lowest BCUT2D eigenvalue weighted by Gasteiger charge is -2.20. The van der Waals surface area contributed by atoms with Gasteiger partial charge in [0.25, 0.3) is 0 Å². The third-order valence-electron chi connectivity index (χ3n) is 2.80. The molecule has 0 saturated carbocycles.